The Labute approximate surface area is 147 Å². The van der Waals surface area contributed by atoms with E-state index in [1.807, 2.05) is 6.07 Å². The molecule has 1 aliphatic heterocycles. The van der Waals surface area contributed by atoms with E-state index in [2.05, 4.69) is 26.1 Å². The molecule has 1 atom stereocenters. The van der Waals surface area contributed by atoms with Crippen molar-refractivity contribution in [3.63, 3.8) is 0 Å². The summed E-state index contributed by atoms with van der Waals surface area (Å²) in [5, 5.41) is 3.42. The fourth-order valence-corrected chi connectivity index (χ4v) is 4.38. The molecule has 0 bridgehead atoms. The van der Waals surface area contributed by atoms with Gasteiger partial charge in [0, 0.05) is 36.7 Å². The number of nitrogens with zero attached hydrogens (tertiary/aromatic N) is 1. The van der Waals surface area contributed by atoms with Gasteiger partial charge in [-0.2, -0.15) is 0 Å². The maximum atomic E-state index is 13.8. The fourth-order valence-electron chi connectivity index (χ4n) is 3.90. The van der Waals surface area contributed by atoms with Crippen molar-refractivity contribution in [1.82, 2.24) is 10.2 Å². The Morgan fingerprint density at radius 1 is 1.14 bits per heavy atom. The standard InChI is InChI=1S/C17H24BrFN2.ClH/c18-16-7-6-14(19)12-15(16)17(13-4-2-1-3-5-13)21-10-8-20-9-11-21;/h6-7,12-13,17,20H,1-5,8-11H2;1H/t17-;/m1./s1. The summed E-state index contributed by atoms with van der Waals surface area (Å²) in [6.45, 7) is 4.19. The van der Waals surface area contributed by atoms with Crippen molar-refractivity contribution in [3.8, 4) is 0 Å². The summed E-state index contributed by atoms with van der Waals surface area (Å²) >= 11 is 3.66. The first kappa shape index (κ1) is 18.2. The number of hydrogen-bond donors (Lipinski definition) is 1. The number of nitrogens with one attached hydrogen (secondary N) is 1. The lowest BCUT2D eigenvalue weighted by molar-refractivity contribution is 0.103. The van der Waals surface area contributed by atoms with Gasteiger partial charge >= 0.3 is 0 Å². The van der Waals surface area contributed by atoms with Crippen molar-refractivity contribution >= 4 is 28.3 Å². The zero-order chi connectivity index (χ0) is 14.7. The molecule has 1 saturated carbocycles. The number of benzene rings is 1. The van der Waals surface area contributed by atoms with Gasteiger partial charge in [-0.1, -0.05) is 35.2 Å². The third kappa shape index (κ3) is 4.22. The molecule has 1 heterocycles. The predicted octanol–water partition coefficient (Wildman–Crippen LogP) is 4.54. The normalized spacial score (nSPS) is 22.1. The first-order valence-corrected chi connectivity index (χ1v) is 8.95. The zero-order valence-corrected chi connectivity index (χ0v) is 15.3. The molecule has 0 amide bonds. The van der Waals surface area contributed by atoms with Crippen LogP contribution < -0.4 is 5.32 Å². The predicted molar refractivity (Wildman–Crippen MR) is 95.1 cm³/mol. The molecule has 2 fully saturated rings. The van der Waals surface area contributed by atoms with Crippen molar-refractivity contribution in [3.05, 3.63) is 34.1 Å². The van der Waals surface area contributed by atoms with Crippen molar-refractivity contribution in [2.45, 2.75) is 38.1 Å². The van der Waals surface area contributed by atoms with Crippen LogP contribution in [0.25, 0.3) is 0 Å². The van der Waals surface area contributed by atoms with Crippen LogP contribution in [0.2, 0.25) is 0 Å². The molecule has 22 heavy (non-hydrogen) atoms. The topological polar surface area (TPSA) is 15.3 Å². The molecule has 124 valence electrons. The van der Waals surface area contributed by atoms with Gasteiger partial charge in [0.1, 0.15) is 5.82 Å². The van der Waals surface area contributed by atoms with Crippen LogP contribution in [0, 0.1) is 11.7 Å². The van der Waals surface area contributed by atoms with E-state index in [0.717, 1.165) is 36.2 Å². The molecule has 2 aliphatic rings. The summed E-state index contributed by atoms with van der Waals surface area (Å²) in [6.07, 6.45) is 6.55. The molecule has 3 rings (SSSR count). The second-order valence-corrected chi connectivity index (χ2v) is 7.15. The van der Waals surface area contributed by atoms with E-state index in [9.17, 15) is 4.39 Å². The van der Waals surface area contributed by atoms with Crippen LogP contribution in [0.15, 0.2) is 22.7 Å². The Bertz CT molecular complexity index is 456. The van der Waals surface area contributed by atoms with Crippen molar-refractivity contribution in [1.29, 1.82) is 0 Å². The smallest absolute Gasteiger partial charge is 0.123 e. The number of halogens is 3. The number of rotatable bonds is 3. The maximum Gasteiger partial charge on any atom is 0.123 e. The molecular formula is C17H25BrClFN2. The second-order valence-electron chi connectivity index (χ2n) is 6.29. The molecular weight excluding hydrogens is 367 g/mol. The van der Waals surface area contributed by atoms with E-state index in [0.29, 0.717) is 12.0 Å². The lowest BCUT2D eigenvalue weighted by atomic mass is 9.80. The highest BCUT2D eigenvalue weighted by Gasteiger charge is 2.32. The van der Waals surface area contributed by atoms with E-state index in [4.69, 9.17) is 0 Å². The van der Waals surface area contributed by atoms with Gasteiger partial charge in [-0.15, -0.1) is 12.4 Å². The van der Waals surface area contributed by atoms with E-state index in [1.54, 1.807) is 12.1 Å². The van der Waals surface area contributed by atoms with Crippen LogP contribution in [0.5, 0.6) is 0 Å². The lowest BCUT2D eigenvalue weighted by Gasteiger charge is -2.41. The van der Waals surface area contributed by atoms with E-state index in [-0.39, 0.29) is 18.2 Å². The first-order valence-electron chi connectivity index (χ1n) is 8.15. The van der Waals surface area contributed by atoms with Gasteiger partial charge in [0.25, 0.3) is 0 Å². The Kier molecular flexibility index (Phi) is 7.13. The quantitative estimate of drug-likeness (QED) is 0.814. The summed E-state index contributed by atoms with van der Waals surface area (Å²) in [7, 11) is 0. The molecule has 5 heteroatoms. The van der Waals surface area contributed by atoms with Gasteiger partial charge in [0.2, 0.25) is 0 Å². The molecule has 1 N–H and O–H groups in total. The number of piperazine rings is 1. The third-order valence-electron chi connectivity index (χ3n) is 4.92. The summed E-state index contributed by atoms with van der Waals surface area (Å²) in [5.41, 5.74) is 1.14. The van der Waals surface area contributed by atoms with E-state index in [1.165, 1.54) is 32.1 Å². The van der Waals surface area contributed by atoms with Crippen LogP contribution in [-0.4, -0.2) is 31.1 Å². The molecule has 1 saturated heterocycles. The molecule has 1 aliphatic carbocycles. The summed E-state index contributed by atoms with van der Waals surface area (Å²) in [5.74, 6) is 0.541. The van der Waals surface area contributed by atoms with Crippen LogP contribution in [0.1, 0.15) is 43.7 Å². The minimum absolute atomic E-state index is 0. The van der Waals surface area contributed by atoms with Crippen LogP contribution in [0.4, 0.5) is 4.39 Å². The van der Waals surface area contributed by atoms with Gasteiger partial charge in [-0.3, -0.25) is 4.90 Å². The molecule has 1 aromatic carbocycles. The molecule has 0 radical (unpaired) electrons. The van der Waals surface area contributed by atoms with Gasteiger partial charge in [-0.25, -0.2) is 4.39 Å². The van der Waals surface area contributed by atoms with Gasteiger partial charge < -0.3 is 5.32 Å². The van der Waals surface area contributed by atoms with Crippen LogP contribution in [0.3, 0.4) is 0 Å². The molecule has 2 nitrogen and oxygen atoms in total. The monoisotopic (exact) mass is 390 g/mol. The number of hydrogen-bond acceptors (Lipinski definition) is 2. The molecule has 1 aromatic rings. The second kappa shape index (κ2) is 8.62. The zero-order valence-electron chi connectivity index (χ0n) is 12.9. The largest absolute Gasteiger partial charge is 0.314 e. The third-order valence-corrected chi connectivity index (χ3v) is 5.64. The summed E-state index contributed by atoms with van der Waals surface area (Å²) in [4.78, 5) is 2.56. The molecule has 0 aromatic heterocycles. The van der Waals surface area contributed by atoms with E-state index < -0.39 is 0 Å². The van der Waals surface area contributed by atoms with Gasteiger partial charge in [0.05, 0.1) is 0 Å². The summed E-state index contributed by atoms with van der Waals surface area (Å²) < 4.78 is 14.8. The van der Waals surface area contributed by atoms with Crippen LogP contribution >= 0.6 is 28.3 Å². The fraction of sp³-hybridized carbons (Fsp3) is 0.647. The van der Waals surface area contributed by atoms with E-state index >= 15 is 0 Å². The first-order chi connectivity index (χ1) is 10.3. The molecule has 0 spiro atoms. The maximum absolute atomic E-state index is 13.8. The lowest BCUT2D eigenvalue weighted by Crippen LogP contribution is -2.47. The Balaban J connectivity index is 0.00000176. The Morgan fingerprint density at radius 2 is 1.82 bits per heavy atom. The Hall–Kier alpha value is -0.160. The van der Waals surface area contributed by atoms with Crippen molar-refractivity contribution in [2.24, 2.45) is 5.92 Å². The highest BCUT2D eigenvalue weighted by Crippen LogP contribution is 2.41. The van der Waals surface area contributed by atoms with Gasteiger partial charge in [0.15, 0.2) is 0 Å². The van der Waals surface area contributed by atoms with Gasteiger partial charge in [-0.05, 0) is 42.5 Å². The average Bonchev–Trinajstić information content (AvgIpc) is 2.53. The van der Waals surface area contributed by atoms with Crippen LogP contribution in [-0.2, 0) is 0 Å². The average molecular weight is 392 g/mol. The summed E-state index contributed by atoms with van der Waals surface area (Å²) in [6, 6.07) is 5.51. The SMILES string of the molecule is Cl.Fc1ccc(Br)c([C@@H](C2CCCCC2)N2CCNCC2)c1. The van der Waals surface area contributed by atoms with Crippen molar-refractivity contribution in [2.75, 3.05) is 26.2 Å². The molecule has 0 unspecified atom stereocenters. The highest BCUT2D eigenvalue weighted by atomic mass is 79.9. The minimum Gasteiger partial charge on any atom is -0.314 e. The minimum atomic E-state index is -0.121. The van der Waals surface area contributed by atoms with Crippen molar-refractivity contribution < 1.29 is 4.39 Å². The Morgan fingerprint density at radius 3 is 2.50 bits per heavy atom. The highest BCUT2D eigenvalue weighted by molar-refractivity contribution is 9.10.